The molecule has 0 spiro atoms. The molecule has 1 aliphatic heterocycles. The van der Waals surface area contributed by atoms with Gasteiger partial charge < -0.3 is 9.64 Å². The van der Waals surface area contributed by atoms with Crippen LogP contribution in [0.2, 0.25) is 0 Å². The Balaban J connectivity index is 2.08. The maximum Gasteiger partial charge on any atom is 0.412 e. The third-order valence-corrected chi connectivity index (χ3v) is 2.90. The Hall–Kier alpha value is -2.31. The molecule has 0 saturated carbocycles. The maximum absolute atomic E-state index is 11.9. The number of anilines is 2. The molecule has 0 unspecified atom stereocenters. The standard InChI is InChI=1S/C14H20N4O3/c1-14(2,3)21-12(19)16-10-7-11(9-15-8-10)18-6-5-17(4)13(18)20/h7-9H,5-6H2,1-4H3,(H,16,19). The number of hydrogen-bond donors (Lipinski definition) is 1. The fourth-order valence-corrected chi connectivity index (χ4v) is 1.95. The smallest absolute Gasteiger partial charge is 0.412 e. The molecule has 7 nitrogen and oxygen atoms in total. The van der Waals surface area contributed by atoms with Crippen molar-refractivity contribution in [3.63, 3.8) is 0 Å². The summed E-state index contributed by atoms with van der Waals surface area (Å²) >= 11 is 0. The minimum Gasteiger partial charge on any atom is -0.444 e. The monoisotopic (exact) mass is 292 g/mol. The van der Waals surface area contributed by atoms with Gasteiger partial charge in [0, 0.05) is 20.1 Å². The van der Waals surface area contributed by atoms with Crippen molar-refractivity contribution in [3.05, 3.63) is 18.5 Å². The van der Waals surface area contributed by atoms with Crippen molar-refractivity contribution >= 4 is 23.5 Å². The molecule has 3 amide bonds. The van der Waals surface area contributed by atoms with Crippen LogP contribution in [0.15, 0.2) is 18.5 Å². The SMILES string of the molecule is CN1CCN(c2cncc(NC(=O)OC(C)(C)C)c2)C1=O. The van der Waals surface area contributed by atoms with Gasteiger partial charge in [-0.25, -0.2) is 9.59 Å². The number of hydrogen-bond acceptors (Lipinski definition) is 4. The highest BCUT2D eigenvalue weighted by Gasteiger charge is 2.27. The van der Waals surface area contributed by atoms with E-state index in [1.165, 1.54) is 6.20 Å². The molecule has 1 aliphatic rings. The predicted molar refractivity (Wildman–Crippen MR) is 79.5 cm³/mol. The first-order valence-corrected chi connectivity index (χ1v) is 6.74. The molecule has 7 heteroatoms. The summed E-state index contributed by atoms with van der Waals surface area (Å²) in [5.41, 5.74) is 0.574. The van der Waals surface area contributed by atoms with Gasteiger partial charge in [0.1, 0.15) is 5.60 Å². The van der Waals surface area contributed by atoms with E-state index in [1.54, 1.807) is 49.9 Å². The van der Waals surface area contributed by atoms with Crippen LogP contribution in [0.5, 0.6) is 0 Å². The van der Waals surface area contributed by atoms with E-state index in [2.05, 4.69) is 10.3 Å². The van der Waals surface area contributed by atoms with E-state index in [0.717, 1.165) is 0 Å². The quantitative estimate of drug-likeness (QED) is 0.907. The molecule has 0 aromatic carbocycles. The summed E-state index contributed by atoms with van der Waals surface area (Å²) in [7, 11) is 1.75. The normalized spacial score (nSPS) is 15.3. The summed E-state index contributed by atoms with van der Waals surface area (Å²) in [6.07, 6.45) is 2.56. The number of nitrogens with one attached hydrogen (secondary N) is 1. The van der Waals surface area contributed by atoms with Gasteiger partial charge in [0.25, 0.3) is 0 Å². The van der Waals surface area contributed by atoms with E-state index in [-0.39, 0.29) is 6.03 Å². The third kappa shape index (κ3) is 3.84. The van der Waals surface area contributed by atoms with Gasteiger partial charge >= 0.3 is 12.1 Å². The second-order valence-corrected chi connectivity index (χ2v) is 5.91. The summed E-state index contributed by atoms with van der Waals surface area (Å²) in [5, 5.41) is 2.61. The van der Waals surface area contributed by atoms with Gasteiger partial charge in [-0.15, -0.1) is 0 Å². The zero-order valence-corrected chi connectivity index (χ0v) is 12.7. The number of pyridine rings is 1. The lowest BCUT2D eigenvalue weighted by atomic mass is 10.2. The molecule has 0 aliphatic carbocycles. The number of nitrogens with zero attached hydrogens (tertiary/aromatic N) is 3. The van der Waals surface area contributed by atoms with E-state index >= 15 is 0 Å². The van der Waals surface area contributed by atoms with Crippen LogP contribution in [0.4, 0.5) is 21.0 Å². The van der Waals surface area contributed by atoms with E-state index < -0.39 is 11.7 Å². The lowest BCUT2D eigenvalue weighted by Crippen LogP contribution is -2.29. The number of likely N-dealkylation sites (N-methyl/N-ethyl adjacent to an activating group) is 1. The number of urea groups is 1. The lowest BCUT2D eigenvalue weighted by Gasteiger charge is -2.20. The Labute approximate surface area is 123 Å². The van der Waals surface area contributed by atoms with Crippen LogP contribution >= 0.6 is 0 Å². The molecule has 21 heavy (non-hydrogen) atoms. The van der Waals surface area contributed by atoms with Crippen LogP contribution in [-0.2, 0) is 4.74 Å². The molecule has 2 rings (SSSR count). The minimum absolute atomic E-state index is 0.0776. The number of ether oxygens (including phenoxy) is 1. The lowest BCUT2D eigenvalue weighted by molar-refractivity contribution is 0.0636. The Bertz CT molecular complexity index is 553. The van der Waals surface area contributed by atoms with Gasteiger partial charge in [-0.05, 0) is 26.8 Å². The number of carbonyl (C=O) groups is 2. The van der Waals surface area contributed by atoms with Crippen LogP contribution in [0.25, 0.3) is 0 Å². The van der Waals surface area contributed by atoms with E-state index in [4.69, 9.17) is 4.74 Å². The van der Waals surface area contributed by atoms with Gasteiger partial charge in [0.2, 0.25) is 0 Å². The minimum atomic E-state index is -0.567. The first-order valence-electron chi connectivity index (χ1n) is 6.74. The average Bonchev–Trinajstić information content (AvgIpc) is 2.68. The van der Waals surface area contributed by atoms with Crippen molar-refractivity contribution in [1.29, 1.82) is 0 Å². The Kier molecular flexibility index (Phi) is 4.02. The fourth-order valence-electron chi connectivity index (χ4n) is 1.95. The van der Waals surface area contributed by atoms with Gasteiger partial charge in [-0.2, -0.15) is 0 Å². The summed E-state index contributed by atoms with van der Waals surface area (Å²) in [6, 6.07) is 1.62. The molecule has 2 heterocycles. The zero-order valence-electron chi connectivity index (χ0n) is 12.7. The summed E-state index contributed by atoms with van der Waals surface area (Å²) in [5.74, 6) is 0. The van der Waals surface area contributed by atoms with E-state index in [0.29, 0.717) is 24.5 Å². The van der Waals surface area contributed by atoms with Gasteiger partial charge in [-0.1, -0.05) is 0 Å². The van der Waals surface area contributed by atoms with Crippen molar-refractivity contribution in [2.75, 3.05) is 30.4 Å². The van der Waals surface area contributed by atoms with Crippen LogP contribution in [-0.4, -0.2) is 47.7 Å². The van der Waals surface area contributed by atoms with Gasteiger partial charge in [-0.3, -0.25) is 15.2 Å². The molecule has 1 aromatic heterocycles. The summed E-state index contributed by atoms with van der Waals surface area (Å²) in [6.45, 7) is 6.65. The molecular formula is C14H20N4O3. The number of rotatable bonds is 2. The molecule has 1 fully saturated rings. The van der Waals surface area contributed by atoms with Crippen molar-refractivity contribution in [3.8, 4) is 0 Å². The molecule has 1 saturated heterocycles. The largest absolute Gasteiger partial charge is 0.444 e. The molecular weight excluding hydrogens is 272 g/mol. The summed E-state index contributed by atoms with van der Waals surface area (Å²) in [4.78, 5) is 31.0. The predicted octanol–water partition coefficient (Wildman–Crippen LogP) is 2.30. The fraction of sp³-hybridized carbons (Fsp3) is 0.500. The highest BCUT2D eigenvalue weighted by Crippen LogP contribution is 2.22. The van der Waals surface area contributed by atoms with Crippen LogP contribution in [0.3, 0.4) is 0 Å². The number of aromatic nitrogens is 1. The highest BCUT2D eigenvalue weighted by molar-refractivity contribution is 5.94. The average molecular weight is 292 g/mol. The van der Waals surface area contributed by atoms with Crippen molar-refractivity contribution in [2.45, 2.75) is 26.4 Å². The first kappa shape index (κ1) is 15.1. The Morgan fingerprint density at radius 3 is 2.62 bits per heavy atom. The Morgan fingerprint density at radius 2 is 2.05 bits per heavy atom. The van der Waals surface area contributed by atoms with Crippen molar-refractivity contribution in [2.24, 2.45) is 0 Å². The molecule has 0 atom stereocenters. The second-order valence-electron chi connectivity index (χ2n) is 5.91. The van der Waals surface area contributed by atoms with Crippen LogP contribution in [0, 0.1) is 0 Å². The summed E-state index contributed by atoms with van der Waals surface area (Å²) < 4.78 is 5.18. The van der Waals surface area contributed by atoms with Crippen molar-refractivity contribution in [1.82, 2.24) is 9.88 Å². The van der Waals surface area contributed by atoms with Gasteiger partial charge in [0.15, 0.2) is 0 Å². The highest BCUT2D eigenvalue weighted by atomic mass is 16.6. The number of amides is 3. The first-order chi connectivity index (χ1) is 9.76. The van der Waals surface area contributed by atoms with Crippen LogP contribution < -0.4 is 10.2 Å². The van der Waals surface area contributed by atoms with E-state index in [1.807, 2.05) is 0 Å². The number of carbonyl (C=O) groups excluding carboxylic acids is 2. The second kappa shape index (κ2) is 5.59. The zero-order chi connectivity index (χ0) is 15.6. The third-order valence-electron chi connectivity index (χ3n) is 2.90. The molecule has 1 N–H and O–H groups in total. The van der Waals surface area contributed by atoms with E-state index in [9.17, 15) is 9.59 Å². The van der Waals surface area contributed by atoms with Gasteiger partial charge in [0.05, 0.1) is 23.8 Å². The molecule has 1 aromatic rings. The molecule has 0 bridgehead atoms. The Morgan fingerprint density at radius 1 is 1.33 bits per heavy atom. The van der Waals surface area contributed by atoms with Crippen molar-refractivity contribution < 1.29 is 14.3 Å². The molecule has 114 valence electrons. The molecule has 0 radical (unpaired) electrons. The topological polar surface area (TPSA) is 74.8 Å². The van der Waals surface area contributed by atoms with Crippen LogP contribution in [0.1, 0.15) is 20.8 Å². The maximum atomic E-state index is 11.9.